The van der Waals surface area contributed by atoms with E-state index in [0.29, 0.717) is 56.3 Å². The van der Waals surface area contributed by atoms with Crippen LogP contribution in [0, 0.1) is 69.5 Å². The highest BCUT2D eigenvalue weighted by Crippen LogP contribution is 2.63. The van der Waals surface area contributed by atoms with Crippen molar-refractivity contribution in [1.82, 2.24) is 0 Å². The Kier molecular flexibility index (Phi) is 43.8. The molecule has 15 rings (SSSR count). The molecule has 0 heterocycles. The second-order valence-corrected chi connectivity index (χ2v) is 41.4. The van der Waals surface area contributed by atoms with Crippen molar-refractivity contribution in [2.24, 2.45) is 69.5 Å². The summed E-state index contributed by atoms with van der Waals surface area (Å²) in [5.74, 6) is 7.11. The van der Waals surface area contributed by atoms with E-state index in [1.807, 2.05) is 54.6 Å². The van der Waals surface area contributed by atoms with Gasteiger partial charge in [-0.25, -0.2) is 14.4 Å². The van der Waals surface area contributed by atoms with E-state index in [0.717, 1.165) is 249 Å². The van der Waals surface area contributed by atoms with E-state index in [9.17, 15) is 28.8 Å². The van der Waals surface area contributed by atoms with Crippen molar-refractivity contribution in [2.75, 3.05) is 198 Å². The molecule has 1 unspecified atom stereocenters. The van der Waals surface area contributed by atoms with Crippen LogP contribution in [-0.2, 0) is 42.8 Å². The molecule has 702 valence electrons. The van der Waals surface area contributed by atoms with Crippen LogP contribution >= 0.6 is 0 Å². The molecule has 0 amide bonds. The largest absolute Gasteiger partial charge is 0.459 e. The number of nitrogens with zero attached hydrogens (tertiary/aromatic N) is 6. The lowest BCUT2D eigenvalue weighted by atomic mass is 9.49. The minimum atomic E-state index is -0.246. The first-order valence-electron chi connectivity index (χ1n) is 50.7. The number of ether oxygens (including phenoxy) is 6. The maximum atomic E-state index is 13.0. The van der Waals surface area contributed by atoms with E-state index in [1.165, 1.54) is 129 Å². The fraction of sp³-hybridized carbons (Fsp3) is 0.774. The topological polar surface area (TPSA) is 158 Å². The Hall–Kier alpha value is -5.76. The van der Waals surface area contributed by atoms with Gasteiger partial charge in [0, 0.05) is 0 Å². The van der Waals surface area contributed by atoms with Gasteiger partial charge in [-0.2, -0.15) is 0 Å². The van der Waals surface area contributed by atoms with E-state index in [4.69, 9.17) is 28.4 Å². The molecule has 18 nitrogen and oxygen atoms in total. The molecule has 0 spiro atoms. The number of unbranched alkanes of at least 4 members (excludes halogenated alkanes) is 1. The number of rotatable bonds is 46. The average Bonchev–Trinajstić information content (AvgIpc) is 0.751. The highest BCUT2D eigenvalue weighted by molar-refractivity contribution is 5.90. The average molecular weight is 1730 g/mol. The van der Waals surface area contributed by atoms with Crippen molar-refractivity contribution in [1.29, 1.82) is 0 Å². The van der Waals surface area contributed by atoms with E-state index < -0.39 is 0 Å². The first kappa shape index (κ1) is 105. The zero-order valence-electron chi connectivity index (χ0n) is 82.2. The van der Waals surface area contributed by atoms with Gasteiger partial charge in [0.05, 0.1) is 152 Å². The molecule has 12 saturated carbocycles. The predicted octanol–water partition coefficient (Wildman–Crippen LogP) is 20.6. The van der Waals surface area contributed by atoms with E-state index in [-0.39, 0.29) is 52.1 Å². The van der Waals surface area contributed by atoms with Gasteiger partial charge in [0.25, 0.3) is 0 Å². The lowest BCUT2D eigenvalue weighted by Gasteiger charge is -2.55. The van der Waals surface area contributed by atoms with Crippen molar-refractivity contribution in [3.63, 3.8) is 0 Å². The number of hydrogen-bond donors (Lipinski definition) is 0. The molecule has 0 aromatic heterocycles. The van der Waals surface area contributed by atoms with Gasteiger partial charge >= 0.3 is 35.8 Å². The van der Waals surface area contributed by atoms with Crippen molar-refractivity contribution in [3.8, 4) is 0 Å². The van der Waals surface area contributed by atoms with Gasteiger partial charge in [0.2, 0.25) is 0 Å². The van der Waals surface area contributed by atoms with Crippen LogP contribution in [0.4, 0.5) is 0 Å². The van der Waals surface area contributed by atoms with E-state index in [2.05, 4.69) is 125 Å². The molecule has 0 aliphatic heterocycles. The second kappa shape index (κ2) is 51.6. The summed E-state index contributed by atoms with van der Waals surface area (Å²) in [5, 5.41) is 0. The number of esters is 6. The van der Waals surface area contributed by atoms with Crippen LogP contribution in [0.3, 0.4) is 0 Å². The molecule has 0 N–H and O–H groups in total. The number of quaternary nitrogens is 6. The number of hydrogen-bond acceptors (Lipinski definition) is 12. The molecule has 12 aliphatic carbocycles. The quantitative estimate of drug-likeness (QED) is 0.0300. The van der Waals surface area contributed by atoms with Crippen molar-refractivity contribution in [2.45, 2.75) is 264 Å². The Morgan fingerprint density at radius 2 is 0.444 bits per heavy atom. The molecule has 1 atom stereocenters. The van der Waals surface area contributed by atoms with Gasteiger partial charge in [-0.05, 0) is 306 Å². The van der Waals surface area contributed by atoms with Crippen LogP contribution in [0.25, 0.3) is 0 Å². The summed E-state index contributed by atoms with van der Waals surface area (Å²) in [5.41, 5.74) is 1.60. The summed E-state index contributed by atoms with van der Waals surface area (Å²) in [6.07, 6.45) is 31.0. The zero-order chi connectivity index (χ0) is 90.5. The Bertz CT molecular complexity index is 3440. The molecule has 12 bridgehead atoms. The molecular weight excluding hydrogens is 1550 g/mol. The van der Waals surface area contributed by atoms with Crippen molar-refractivity contribution >= 4 is 35.8 Å². The number of carbonyl (C=O) groups excluding carboxylic acids is 6. The van der Waals surface area contributed by atoms with Gasteiger partial charge in [0.15, 0.2) is 0 Å². The molecular formula is C106H182N6O12+6. The molecule has 0 radical (unpaired) electrons. The van der Waals surface area contributed by atoms with Crippen LogP contribution < -0.4 is 0 Å². The lowest BCUT2D eigenvalue weighted by molar-refractivity contribution is -0.927. The summed E-state index contributed by atoms with van der Waals surface area (Å²) in [6, 6.07) is 27.4. The summed E-state index contributed by atoms with van der Waals surface area (Å²) in [7, 11) is 6.20. The standard InChI is InChI=1S/C22H40NO2.C21H38NO2.C19H34NO2.C17H28NO2.C15H24NO2.C12H18NO2/c1-4-7-9-23(6-3,8-5-2)10-11-25-21(24)22-15-18-12-19(16-22)14-20(13-18)17-22;1-4-7-22(6-3,8-5-2)9-10-24-20(23)21-14-17-11-18(15-21)13-19(12-17)16-21;1-4-20(5-2,6-3)7-8-22-18(21)19-12-15-9-16(13-19)11-17(10-15)14-19;1-4-12-18(6-3,13-5-2)14-15-20-17(19)16-10-8-7-9-11-16;1-4-16(5-2,6-3)12-13-18-15(17)14-10-8-7-9-11-14;1-13(2,3)9-10-15-12(14)11-7-5-4-6-8-11/h18-20H,4-17H2,1-3H3;17-19H,4-16H2,1-3H3;15-17H,4-14H2,1-3H3;7-11H,4-6,12-15H2,1-3H3;7-11H,4-6,12-13H2,1-3H3;4-8H,9-10H2,1-3H3/q6*+1. The SMILES string of the molecule is CCCC[N+](CC)(CCC)CCOC(=O)C12CC3CC(CC(C3)C1)C2.CCC[N+](CC)(CCC)CCOC(=O)C12CC3CC(CC(C3)C1)C2.CCC[N+](CC)(CCC)CCOC(=O)c1ccccc1.CC[N+](CC)(CC)CCOC(=O)C12CC3CC(CC(C3)C1)C2.CC[N+](CC)(CC)CCOC(=O)c1ccccc1.C[N+](C)(C)CCOC(=O)c1ccccc1. The normalized spacial score (nSPS) is 25.2. The Labute approximate surface area is 755 Å². The second-order valence-electron chi connectivity index (χ2n) is 41.4. The summed E-state index contributed by atoms with van der Waals surface area (Å²) in [6.45, 7) is 59.7. The minimum absolute atomic E-state index is 0.0882. The van der Waals surface area contributed by atoms with E-state index in [1.54, 1.807) is 36.4 Å². The van der Waals surface area contributed by atoms with Crippen molar-refractivity contribution < 1.29 is 84.1 Å². The monoisotopic (exact) mass is 1730 g/mol. The number of carbonyl (C=O) groups is 6. The third-order valence-corrected chi connectivity index (χ3v) is 31.9. The highest BCUT2D eigenvalue weighted by atomic mass is 16.6. The van der Waals surface area contributed by atoms with Gasteiger partial charge in [-0.1, -0.05) is 103 Å². The third kappa shape index (κ3) is 31.0. The highest BCUT2D eigenvalue weighted by Gasteiger charge is 2.58. The van der Waals surface area contributed by atoms with Crippen LogP contribution in [0.2, 0.25) is 0 Å². The minimum Gasteiger partial charge on any atom is -0.459 e. The van der Waals surface area contributed by atoms with Gasteiger partial charge in [-0.15, -0.1) is 0 Å². The van der Waals surface area contributed by atoms with Crippen LogP contribution in [0.5, 0.6) is 0 Å². The van der Waals surface area contributed by atoms with Crippen LogP contribution in [-0.4, -0.2) is 261 Å². The molecule has 12 aliphatic rings. The third-order valence-electron chi connectivity index (χ3n) is 31.9. The molecule has 12 fully saturated rings. The Balaban J connectivity index is 0.000000206. The van der Waals surface area contributed by atoms with E-state index >= 15 is 0 Å². The fourth-order valence-electron chi connectivity index (χ4n) is 25.2. The Morgan fingerprint density at radius 3 is 0.637 bits per heavy atom. The maximum Gasteiger partial charge on any atom is 0.338 e. The molecule has 18 heteroatoms. The molecule has 3 aromatic rings. The van der Waals surface area contributed by atoms with Crippen LogP contribution in [0.1, 0.15) is 295 Å². The molecule has 3 aromatic carbocycles. The maximum absolute atomic E-state index is 13.0. The number of benzene rings is 3. The number of likely N-dealkylation sites (N-methyl/N-ethyl adjacent to an activating group) is 6. The van der Waals surface area contributed by atoms with Gasteiger partial charge in [-0.3, -0.25) is 14.4 Å². The van der Waals surface area contributed by atoms with Crippen LogP contribution in [0.15, 0.2) is 91.0 Å². The molecule has 124 heavy (non-hydrogen) atoms. The first-order valence-corrected chi connectivity index (χ1v) is 50.7. The predicted molar refractivity (Wildman–Crippen MR) is 504 cm³/mol. The van der Waals surface area contributed by atoms with Gasteiger partial charge in [0.1, 0.15) is 78.9 Å². The zero-order valence-corrected chi connectivity index (χ0v) is 82.2. The first-order chi connectivity index (χ1) is 59.5. The summed E-state index contributed by atoms with van der Waals surface area (Å²) < 4.78 is 39.8. The summed E-state index contributed by atoms with van der Waals surface area (Å²) >= 11 is 0. The van der Waals surface area contributed by atoms with Crippen molar-refractivity contribution in [3.05, 3.63) is 108 Å². The fourth-order valence-corrected chi connectivity index (χ4v) is 25.2. The summed E-state index contributed by atoms with van der Waals surface area (Å²) in [4.78, 5) is 74.0. The Morgan fingerprint density at radius 1 is 0.250 bits per heavy atom. The molecule has 0 saturated heterocycles. The lowest BCUT2D eigenvalue weighted by Crippen LogP contribution is -2.53. The smallest absolute Gasteiger partial charge is 0.338 e. The van der Waals surface area contributed by atoms with Gasteiger partial charge < -0.3 is 55.3 Å².